The van der Waals surface area contributed by atoms with E-state index < -0.39 is 0 Å². The van der Waals surface area contributed by atoms with E-state index in [-0.39, 0.29) is 5.82 Å². The summed E-state index contributed by atoms with van der Waals surface area (Å²) in [5.41, 5.74) is 1.59. The minimum atomic E-state index is -0.257. The van der Waals surface area contributed by atoms with Gasteiger partial charge in [-0.2, -0.15) is 0 Å². The van der Waals surface area contributed by atoms with Crippen LogP contribution in [0.15, 0.2) is 24.3 Å². The molecule has 0 aliphatic heterocycles. The summed E-state index contributed by atoms with van der Waals surface area (Å²) in [5, 5.41) is 3.74. The lowest BCUT2D eigenvalue weighted by molar-refractivity contribution is 0.623. The minimum Gasteiger partial charge on any atom is -0.316 e. The van der Waals surface area contributed by atoms with Gasteiger partial charge in [0, 0.05) is 10.6 Å². The fourth-order valence-electron chi connectivity index (χ4n) is 1.61. The molecule has 0 fully saturated rings. The fraction of sp³-hybridized carbons (Fsp3) is 0.429. The second kappa shape index (κ2) is 7.46. The minimum absolute atomic E-state index is 0.257. The molecule has 1 nitrogen and oxygen atoms in total. The van der Waals surface area contributed by atoms with Crippen molar-refractivity contribution in [2.24, 2.45) is 0 Å². The molecule has 1 N–H and O–H groups in total. The molecule has 1 aromatic rings. The van der Waals surface area contributed by atoms with Crippen LogP contribution in [0.2, 0.25) is 5.02 Å². The topological polar surface area (TPSA) is 12.0 Å². The molecule has 0 aliphatic carbocycles. The Hall–Kier alpha value is -0.860. The zero-order chi connectivity index (χ0) is 12.7. The highest BCUT2D eigenvalue weighted by Gasteiger charge is 2.03. The van der Waals surface area contributed by atoms with Gasteiger partial charge in [-0.1, -0.05) is 30.7 Å². The van der Waals surface area contributed by atoms with Gasteiger partial charge in [0.15, 0.2) is 0 Å². The molecule has 0 radical (unpaired) electrons. The molecule has 1 aromatic carbocycles. The van der Waals surface area contributed by atoms with Gasteiger partial charge in [0.1, 0.15) is 5.82 Å². The van der Waals surface area contributed by atoms with Gasteiger partial charge in [-0.3, -0.25) is 0 Å². The molecule has 0 saturated carbocycles. The monoisotopic (exact) mass is 255 g/mol. The number of hydrogen-bond acceptors (Lipinski definition) is 1. The van der Waals surface area contributed by atoms with E-state index in [1.165, 1.54) is 6.07 Å². The van der Waals surface area contributed by atoms with Crippen LogP contribution in [0, 0.1) is 5.82 Å². The van der Waals surface area contributed by atoms with Crippen LogP contribution in [0.5, 0.6) is 0 Å². The molecule has 17 heavy (non-hydrogen) atoms. The molecule has 0 aromatic heterocycles. The highest BCUT2D eigenvalue weighted by molar-refractivity contribution is 6.30. The first kappa shape index (κ1) is 14.2. The van der Waals surface area contributed by atoms with Gasteiger partial charge in [-0.15, -0.1) is 0 Å². The van der Waals surface area contributed by atoms with E-state index in [9.17, 15) is 4.39 Å². The normalized spacial score (nSPS) is 11.9. The van der Waals surface area contributed by atoms with Crippen molar-refractivity contribution in [1.82, 2.24) is 5.32 Å². The average molecular weight is 256 g/mol. The number of nitrogens with one attached hydrogen (secondary N) is 1. The van der Waals surface area contributed by atoms with Crippen LogP contribution in [-0.4, -0.2) is 13.1 Å². The predicted octanol–water partition coefficient (Wildman–Crippen LogP) is 4.27. The summed E-state index contributed by atoms with van der Waals surface area (Å²) < 4.78 is 13.6. The van der Waals surface area contributed by atoms with Crippen molar-refractivity contribution < 1.29 is 4.39 Å². The Bertz CT molecular complexity index is 388. The average Bonchev–Trinajstić information content (AvgIpc) is 2.28. The number of allylic oxidation sites excluding steroid dienone is 1. The van der Waals surface area contributed by atoms with Gasteiger partial charge in [0.25, 0.3) is 0 Å². The lowest BCUT2D eigenvalue weighted by Gasteiger charge is -2.05. The summed E-state index contributed by atoms with van der Waals surface area (Å²) in [7, 11) is 0. The van der Waals surface area contributed by atoms with E-state index in [2.05, 4.69) is 18.3 Å². The molecule has 0 amide bonds. The second-order valence-corrected chi connectivity index (χ2v) is 4.49. The molecule has 0 unspecified atom stereocenters. The van der Waals surface area contributed by atoms with Gasteiger partial charge < -0.3 is 5.32 Å². The van der Waals surface area contributed by atoms with E-state index >= 15 is 0 Å². The molecule has 94 valence electrons. The van der Waals surface area contributed by atoms with Crippen molar-refractivity contribution in [2.75, 3.05) is 13.1 Å². The molecular formula is C14H19ClFN. The Morgan fingerprint density at radius 2 is 2.18 bits per heavy atom. The third-order valence-corrected chi connectivity index (χ3v) is 2.79. The zero-order valence-corrected chi connectivity index (χ0v) is 11.1. The largest absolute Gasteiger partial charge is 0.316 e. The van der Waals surface area contributed by atoms with Crippen LogP contribution in [-0.2, 0) is 0 Å². The van der Waals surface area contributed by atoms with Crippen LogP contribution in [0.25, 0.3) is 5.57 Å². The summed E-state index contributed by atoms with van der Waals surface area (Å²) in [6.45, 7) is 6.02. The maximum Gasteiger partial charge on any atom is 0.132 e. The van der Waals surface area contributed by atoms with Crippen LogP contribution >= 0.6 is 11.6 Å². The maximum absolute atomic E-state index is 13.6. The Kier molecular flexibility index (Phi) is 6.23. The van der Waals surface area contributed by atoms with E-state index in [1.807, 2.05) is 6.92 Å². The van der Waals surface area contributed by atoms with Crippen molar-refractivity contribution in [2.45, 2.75) is 26.7 Å². The highest BCUT2D eigenvalue weighted by atomic mass is 35.5. The van der Waals surface area contributed by atoms with Crippen LogP contribution in [0.4, 0.5) is 4.39 Å². The number of halogens is 2. The van der Waals surface area contributed by atoms with E-state index in [4.69, 9.17) is 11.6 Å². The predicted molar refractivity (Wildman–Crippen MR) is 72.8 cm³/mol. The third-order valence-electron chi connectivity index (χ3n) is 2.55. The molecule has 3 heteroatoms. The standard InChI is InChI=1S/C14H19ClFN/c1-3-8-17-9-4-5-11(2)13-7-6-12(15)10-14(13)16/h5-7,10,17H,3-4,8-9H2,1-2H3. The van der Waals surface area contributed by atoms with Gasteiger partial charge in [0.2, 0.25) is 0 Å². The van der Waals surface area contributed by atoms with E-state index in [0.717, 1.165) is 31.5 Å². The van der Waals surface area contributed by atoms with Gasteiger partial charge in [-0.05, 0) is 50.6 Å². The highest BCUT2D eigenvalue weighted by Crippen LogP contribution is 2.21. The lowest BCUT2D eigenvalue weighted by Crippen LogP contribution is -2.15. The molecule has 1 rings (SSSR count). The molecule has 0 bridgehead atoms. The summed E-state index contributed by atoms with van der Waals surface area (Å²) in [6, 6.07) is 4.79. The summed E-state index contributed by atoms with van der Waals surface area (Å²) in [4.78, 5) is 0. The second-order valence-electron chi connectivity index (χ2n) is 4.05. The lowest BCUT2D eigenvalue weighted by atomic mass is 10.1. The summed E-state index contributed by atoms with van der Waals surface area (Å²) >= 11 is 5.71. The van der Waals surface area contributed by atoms with Gasteiger partial charge >= 0.3 is 0 Å². The number of benzene rings is 1. The van der Waals surface area contributed by atoms with Crippen molar-refractivity contribution >= 4 is 17.2 Å². The third kappa shape index (κ3) is 4.88. The zero-order valence-electron chi connectivity index (χ0n) is 10.4. The molecule has 0 atom stereocenters. The maximum atomic E-state index is 13.6. The van der Waals surface area contributed by atoms with Crippen molar-refractivity contribution in [3.63, 3.8) is 0 Å². The molecule has 0 spiro atoms. The summed E-state index contributed by atoms with van der Waals surface area (Å²) in [5.74, 6) is -0.257. The van der Waals surface area contributed by atoms with E-state index in [1.54, 1.807) is 12.1 Å². The SMILES string of the molecule is CCCNCCC=C(C)c1ccc(Cl)cc1F. The van der Waals surface area contributed by atoms with Crippen LogP contribution < -0.4 is 5.32 Å². The van der Waals surface area contributed by atoms with Crippen molar-refractivity contribution in [1.29, 1.82) is 0 Å². The first-order chi connectivity index (χ1) is 8.15. The Labute approximate surface area is 108 Å². The first-order valence-electron chi connectivity index (χ1n) is 5.98. The Morgan fingerprint density at radius 1 is 1.41 bits per heavy atom. The number of hydrogen-bond donors (Lipinski definition) is 1. The smallest absolute Gasteiger partial charge is 0.132 e. The summed E-state index contributed by atoms with van der Waals surface area (Å²) in [6.07, 6.45) is 4.09. The molecule has 0 saturated heterocycles. The van der Waals surface area contributed by atoms with Gasteiger partial charge in [-0.25, -0.2) is 4.39 Å². The van der Waals surface area contributed by atoms with E-state index in [0.29, 0.717) is 10.6 Å². The molecule has 0 heterocycles. The first-order valence-corrected chi connectivity index (χ1v) is 6.36. The van der Waals surface area contributed by atoms with Crippen molar-refractivity contribution in [3.8, 4) is 0 Å². The quantitative estimate of drug-likeness (QED) is 0.749. The van der Waals surface area contributed by atoms with Crippen LogP contribution in [0.1, 0.15) is 32.3 Å². The Morgan fingerprint density at radius 3 is 2.82 bits per heavy atom. The molecule has 0 aliphatic rings. The molecular weight excluding hydrogens is 237 g/mol. The fourth-order valence-corrected chi connectivity index (χ4v) is 1.77. The van der Waals surface area contributed by atoms with Crippen LogP contribution in [0.3, 0.4) is 0 Å². The van der Waals surface area contributed by atoms with Crippen molar-refractivity contribution in [3.05, 3.63) is 40.7 Å². The Balaban J connectivity index is 2.56. The van der Waals surface area contributed by atoms with Gasteiger partial charge in [0.05, 0.1) is 0 Å². The number of rotatable bonds is 6.